The van der Waals surface area contributed by atoms with Gasteiger partial charge in [-0.2, -0.15) is 5.10 Å². The Bertz CT molecular complexity index is 306. The summed E-state index contributed by atoms with van der Waals surface area (Å²) in [4.78, 5) is 0. The number of aromatic nitrogens is 2. The van der Waals surface area contributed by atoms with Crippen molar-refractivity contribution in [1.29, 1.82) is 0 Å². The van der Waals surface area contributed by atoms with Gasteiger partial charge in [0.1, 0.15) is 0 Å². The third-order valence-corrected chi connectivity index (χ3v) is 3.34. The van der Waals surface area contributed by atoms with Crippen molar-refractivity contribution in [2.75, 3.05) is 0 Å². The van der Waals surface area contributed by atoms with Crippen LogP contribution in [0.3, 0.4) is 0 Å². The lowest BCUT2D eigenvalue weighted by molar-refractivity contribution is 0.425. The first kappa shape index (κ1) is 10.7. The van der Waals surface area contributed by atoms with E-state index in [1.165, 1.54) is 37.8 Å². The second kappa shape index (κ2) is 4.79. The molecular weight excluding hydrogens is 186 g/mol. The van der Waals surface area contributed by atoms with Gasteiger partial charge >= 0.3 is 0 Å². The highest BCUT2D eigenvalue weighted by Crippen LogP contribution is 2.24. The van der Waals surface area contributed by atoms with Crippen molar-refractivity contribution in [2.24, 2.45) is 18.7 Å². The zero-order valence-corrected chi connectivity index (χ0v) is 9.52. The van der Waals surface area contributed by atoms with Gasteiger partial charge in [-0.25, -0.2) is 0 Å². The quantitative estimate of drug-likeness (QED) is 0.752. The first-order valence-electron chi connectivity index (χ1n) is 5.98. The Hall–Kier alpha value is -0.830. The van der Waals surface area contributed by atoms with E-state index in [1.807, 2.05) is 17.9 Å². The number of hydrogen-bond acceptors (Lipinski definition) is 2. The van der Waals surface area contributed by atoms with Crippen molar-refractivity contribution in [2.45, 2.75) is 44.6 Å². The SMILES string of the molecule is Cn1ccc(CC2CCCCC(N)C2)n1. The van der Waals surface area contributed by atoms with Crippen LogP contribution >= 0.6 is 0 Å². The summed E-state index contributed by atoms with van der Waals surface area (Å²) in [7, 11) is 1.97. The first-order chi connectivity index (χ1) is 7.24. The molecule has 1 aromatic rings. The molecule has 0 radical (unpaired) electrons. The van der Waals surface area contributed by atoms with Gasteiger partial charge in [-0.1, -0.05) is 19.3 Å². The van der Waals surface area contributed by atoms with E-state index in [-0.39, 0.29) is 0 Å². The van der Waals surface area contributed by atoms with Gasteiger partial charge in [0.15, 0.2) is 0 Å². The van der Waals surface area contributed by atoms with Crippen LogP contribution in [0.1, 0.15) is 37.8 Å². The van der Waals surface area contributed by atoms with Crippen molar-refractivity contribution in [3.63, 3.8) is 0 Å². The van der Waals surface area contributed by atoms with Crippen LogP contribution in [-0.4, -0.2) is 15.8 Å². The Balaban J connectivity index is 1.92. The molecule has 2 unspecified atom stereocenters. The maximum atomic E-state index is 6.06. The number of aryl methyl sites for hydroxylation is 1. The highest BCUT2D eigenvalue weighted by molar-refractivity contribution is 5.00. The van der Waals surface area contributed by atoms with E-state index in [1.54, 1.807) is 0 Å². The maximum absolute atomic E-state index is 6.06. The zero-order valence-electron chi connectivity index (χ0n) is 9.52. The molecule has 3 nitrogen and oxygen atoms in total. The van der Waals surface area contributed by atoms with Gasteiger partial charge in [0.25, 0.3) is 0 Å². The largest absolute Gasteiger partial charge is 0.328 e. The van der Waals surface area contributed by atoms with E-state index < -0.39 is 0 Å². The Labute approximate surface area is 91.7 Å². The summed E-state index contributed by atoms with van der Waals surface area (Å²) in [5.41, 5.74) is 7.28. The average Bonchev–Trinajstić information content (AvgIpc) is 2.46. The van der Waals surface area contributed by atoms with Crippen molar-refractivity contribution in [3.8, 4) is 0 Å². The number of nitrogens with zero attached hydrogens (tertiary/aromatic N) is 2. The van der Waals surface area contributed by atoms with E-state index in [4.69, 9.17) is 5.73 Å². The summed E-state index contributed by atoms with van der Waals surface area (Å²) in [6.07, 6.45) is 9.48. The molecule has 0 spiro atoms. The Morgan fingerprint density at radius 2 is 2.27 bits per heavy atom. The second-order valence-corrected chi connectivity index (χ2v) is 4.83. The minimum absolute atomic E-state index is 0.418. The molecule has 1 aliphatic carbocycles. The topological polar surface area (TPSA) is 43.8 Å². The lowest BCUT2D eigenvalue weighted by atomic mass is 9.93. The van der Waals surface area contributed by atoms with Crippen LogP contribution in [0.15, 0.2) is 12.3 Å². The monoisotopic (exact) mass is 207 g/mol. The van der Waals surface area contributed by atoms with Crippen molar-refractivity contribution in [1.82, 2.24) is 9.78 Å². The van der Waals surface area contributed by atoms with Gasteiger partial charge in [-0.15, -0.1) is 0 Å². The fourth-order valence-electron chi connectivity index (χ4n) is 2.56. The van der Waals surface area contributed by atoms with Crippen LogP contribution in [-0.2, 0) is 13.5 Å². The molecule has 1 heterocycles. The highest BCUT2D eigenvalue weighted by atomic mass is 15.2. The minimum Gasteiger partial charge on any atom is -0.328 e. The van der Waals surface area contributed by atoms with Crippen LogP contribution in [0, 0.1) is 5.92 Å². The summed E-state index contributed by atoms with van der Waals surface area (Å²) in [5, 5.41) is 4.44. The molecular formula is C12H21N3. The lowest BCUT2D eigenvalue weighted by Gasteiger charge is -2.15. The van der Waals surface area contributed by atoms with Crippen molar-refractivity contribution < 1.29 is 0 Å². The van der Waals surface area contributed by atoms with Crippen LogP contribution in [0.2, 0.25) is 0 Å². The third kappa shape index (κ3) is 3.06. The molecule has 2 rings (SSSR count). The fraction of sp³-hybridized carbons (Fsp3) is 0.750. The van der Waals surface area contributed by atoms with E-state index in [0.717, 1.165) is 12.3 Å². The predicted molar refractivity (Wildman–Crippen MR) is 61.5 cm³/mol. The Morgan fingerprint density at radius 3 is 3.00 bits per heavy atom. The Kier molecular flexibility index (Phi) is 3.41. The smallest absolute Gasteiger partial charge is 0.0627 e. The third-order valence-electron chi connectivity index (χ3n) is 3.34. The molecule has 1 fully saturated rings. The zero-order chi connectivity index (χ0) is 10.7. The minimum atomic E-state index is 0.418. The molecule has 2 N–H and O–H groups in total. The normalized spacial score (nSPS) is 27.6. The van der Waals surface area contributed by atoms with E-state index in [2.05, 4.69) is 11.2 Å². The van der Waals surface area contributed by atoms with Crippen molar-refractivity contribution in [3.05, 3.63) is 18.0 Å². The van der Waals surface area contributed by atoms with Crippen molar-refractivity contribution >= 4 is 0 Å². The summed E-state index contributed by atoms with van der Waals surface area (Å²) in [5.74, 6) is 0.748. The first-order valence-corrected chi connectivity index (χ1v) is 5.98. The number of hydrogen-bond donors (Lipinski definition) is 1. The summed E-state index contributed by atoms with van der Waals surface area (Å²) in [6.45, 7) is 0. The maximum Gasteiger partial charge on any atom is 0.0627 e. The fourth-order valence-corrected chi connectivity index (χ4v) is 2.56. The molecule has 3 heteroatoms. The number of nitrogens with two attached hydrogens (primary N) is 1. The predicted octanol–water partition coefficient (Wildman–Crippen LogP) is 1.87. The molecule has 15 heavy (non-hydrogen) atoms. The van der Waals surface area contributed by atoms with Crippen LogP contribution < -0.4 is 5.73 Å². The summed E-state index contributed by atoms with van der Waals surface area (Å²) >= 11 is 0. The Morgan fingerprint density at radius 1 is 1.47 bits per heavy atom. The molecule has 0 bridgehead atoms. The molecule has 0 saturated heterocycles. The molecule has 0 amide bonds. The standard InChI is InChI=1S/C12H21N3/c1-15-7-6-12(14-15)9-10-4-2-3-5-11(13)8-10/h6-7,10-11H,2-5,8-9,13H2,1H3. The molecule has 2 atom stereocenters. The number of rotatable bonds is 2. The van der Waals surface area contributed by atoms with Gasteiger partial charge in [0.05, 0.1) is 5.69 Å². The van der Waals surface area contributed by atoms with E-state index in [0.29, 0.717) is 6.04 Å². The van der Waals surface area contributed by atoms with E-state index >= 15 is 0 Å². The highest BCUT2D eigenvalue weighted by Gasteiger charge is 2.18. The van der Waals surface area contributed by atoms with Gasteiger partial charge in [0.2, 0.25) is 0 Å². The molecule has 84 valence electrons. The van der Waals surface area contributed by atoms with Gasteiger partial charge < -0.3 is 5.73 Å². The van der Waals surface area contributed by atoms with Crippen LogP contribution in [0.25, 0.3) is 0 Å². The van der Waals surface area contributed by atoms with Gasteiger partial charge in [0, 0.05) is 19.3 Å². The molecule has 0 aliphatic heterocycles. The summed E-state index contributed by atoms with van der Waals surface area (Å²) in [6, 6.07) is 2.54. The summed E-state index contributed by atoms with van der Waals surface area (Å²) < 4.78 is 1.88. The van der Waals surface area contributed by atoms with Crippen LogP contribution in [0.5, 0.6) is 0 Å². The molecule has 1 saturated carbocycles. The van der Waals surface area contributed by atoms with Crippen LogP contribution in [0.4, 0.5) is 0 Å². The molecule has 1 aliphatic rings. The van der Waals surface area contributed by atoms with Gasteiger partial charge in [-0.3, -0.25) is 4.68 Å². The molecule has 1 aromatic heterocycles. The average molecular weight is 207 g/mol. The lowest BCUT2D eigenvalue weighted by Crippen LogP contribution is -2.22. The second-order valence-electron chi connectivity index (χ2n) is 4.83. The molecule has 0 aromatic carbocycles. The van der Waals surface area contributed by atoms with E-state index in [9.17, 15) is 0 Å². The van der Waals surface area contributed by atoms with Gasteiger partial charge in [-0.05, 0) is 31.2 Å².